The Bertz CT molecular complexity index is 479. The fraction of sp³-hybridized carbons (Fsp3) is 0.900. The molecule has 0 aromatic carbocycles. The summed E-state index contributed by atoms with van der Waals surface area (Å²) >= 11 is 0. The zero-order chi connectivity index (χ0) is 17.9. The largest absolute Gasteiger partial charge is 0.375 e. The van der Waals surface area contributed by atoms with Crippen LogP contribution in [-0.2, 0) is 14.3 Å². The summed E-state index contributed by atoms with van der Waals surface area (Å²) in [7, 11) is 0. The van der Waals surface area contributed by atoms with Crippen molar-refractivity contribution in [1.82, 2.24) is 10.2 Å². The maximum Gasteiger partial charge on any atom is 0.223 e. The zero-order valence-corrected chi connectivity index (χ0v) is 15.9. The number of nitrogens with one attached hydrogen (secondary N) is 1. The van der Waals surface area contributed by atoms with Crippen LogP contribution in [0.5, 0.6) is 0 Å². The monoisotopic (exact) mass is 350 g/mol. The molecule has 25 heavy (non-hydrogen) atoms. The van der Waals surface area contributed by atoms with Gasteiger partial charge in [0.25, 0.3) is 0 Å². The first-order chi connectivity index (χ1) is 12.0. The normalized spacial score (nSPS) is 26.0. The summed E-state index contributed by atoms with van der Waals surface area (Å²) in [4.78, 5) is 26.0. The second-order valence-electron chi connectivity index (χ2n) is 8.72. The average Bonchev–Trinajstić information content (AvgIpc) is 3.40. The number of hydrogen-bond acceptors (Lipinski definition) is 3. The predicted molar refractivity (Wildman–Crippen MR) is 97.0 cm³/mol. The van der Waals surface area contributed by atoms with Crippen LogP contribution in [0.4, 0.5) is 0 Å². The quantitative estimate of drug-likeness (QED) is 0.801. The van der Waals surface area contributed by atoms with Crippen LogP contribution in [0.3, 0.4) is 0 Å². The third-order valence-corrected chi connectivity index (χ3v) is 6.01. The van der Waals surface area contributed by atoms with Crippen molar-refractivity contribution in [3.63, 3.8) is 0 Å². The van der Waals surface area contributed by atoms with Crippen molar-refractivity contribution in [2.24, 2.45) is 17.8 Å². The second-order valence-corrected chi connectivity index (χ2v) is 8.72. The van der Waals surface area contributed by atoms with E-state index in [9.17, 15) is 9.59 Å². The van der Waals surface area contributed by atoms with E-state index in [4.69, 9.17) is 4.74 Å². The number of rotatable bonds is 6. The van der Waals surface area contributed by atoms with Crippen LogP contribution in [0.2, 0.25) is 0 Å². The lowest BCUT2D eigenvalue weighted by Crippen LogP contribution is -2.51. The van der Waals surface area contributed by atoms with Gasteiger partial charge in [0.05, 0.1) is 5.60 Å². The van der Waals surface area contributed by atoms with Gasteiger partial charge >= 0.3 is 0 Å². The second kappa shape index (κ2) is 8.07. The van der Waals surface area contributed by atoms with E-state index in [1.807, 2.05) is 4.90 Å². The summed E-state index contributed by atoms with van der Waals surface area (Å²) < 4.78 is 6.20. The van der Waals surface area contributed by atoms with E-state index in [1.165, 1.54) is 0 Å². The van der Waals surface area contributed by atoms with Crippen LogP contribution < -0.4 is 5.32 Å². The molecule has 1 unspecified atom stereocenters. The highest BCUT2D eigenvalue weighted by atomic mass is 16.5. The number of likely N-dealkylation sites (tertiary alicyclic amines) is 1. The van der Waals surface area contributed by atoms with E-state index >= 15 is 0 Å². The van der Waals surface area contributed by atoms with Crippen LogP contribution in [0.1, 0.15) is 65.2 Å². The molecule has 2 saturated heterocycles. The molecule has 2 amide bonds. The molecule has 1 spiro atoms. The van der Waals surface area contributed by atoms with Gasteiger partial charge in [-0.3, -0.25) is 9.59 Å². The van der Waals surface area contributed by atoms with Gasteiger partial charge in [0.15, 0.2) is 0 Å². The topological polar surface area (TPSA) is 58.6 Å². The molecule has 2 heterocycles. The van der Waals surface area contributed by atoms with Gasteiger partial charge in [-0.25, -0.2) is 0 Å². The molecule has 0 aromatic heterocycles. The molecule has 5 heteroatoms. The number of amides is 2. The van der Waals surface area contributed by atoms with E-state index in [-0.39, 0.29) is 11.5 Å². The molecule has 5 nitrogen and oxygen atoms in total. The summed E-state index contributed by atoms with van der Waals surface area (Å²) in [5.41, 5.74) is -0.0297. The Balaban J connectivity index is 1.41. The summed E-state index contributed by atoms with van der Waals surface area (Å²) in [5.74, 6) is 1.89. The Kier molecular flexibility index (Phi) is 6.03. The van der Waals surface area contributed by atoms with Crippen molar-refractivity contribution < 1.29 is 14.3 Å². The fourth-order valence-corrected chi connectivity index (χ4v) is 4.26. The van der Waals surface area contributed by atoms with Gasteiger partial charge in [-0.05, 0) is 56.8 Å². The third kappa shape index (κ3) is 5.19. The first kappa shape index (κ1) is 18.7. The third-order valence-electron chi connectivity index (χ3n) is 6.01. The minimum Gasteiger partial charge on any atom is -0.375 e. The highest BCUT2D eigenvalue weighted by Crippen LogP contribution is 2.39. The molecule has 1 atom stereocenters. The van der Waals surface area contributed by atoms with Gasteiger partial charge in [0, 0.05) is 38.6 Å². The van der Waals surface area contributed by atoms with Crippen molar-refractivity contribution in [2.75, 3.05) is 26.2 Å². The Morgan fingerprint density at radius 3 is 2.56 bits per heavy atom. The molecule has 1 aliphatic carbocycles. The summed E-state index contributed by atoms with van der Waals surface area (Å²) in [5, 5.41) is 3.09. The Morgan fingerprint density at radius 2 is 1.92 bits per heavy atom. The van der Waals surface area contributed by atoms with Crippen LogP contribution in [-0.4, -0.2) is 48.6 Å². The highest BCUT2D eigenvalue weighted by molar-refractivity contribution is 5.80. The number of piperidine rings is 1. The standard InChI is InChI=1S/C20H34N2O3/c1-15(2)13-18(23)22-10-7-20(8-11-22)14-16(6-12-25-20)5-9-21-19(24)17-3-4-17/h15-17H,3-14H2,1-2H3,(H,21,24). The van der Waals surface area contributed by atoms with E-state index in [2.05, 4.69) is 19.2 Å². The van der Waals surface area contributed by atoms with Gasteiger partial charge in [-0.15, -0.1) is 0 Å². The summed E-state index contributed by atoms with van der Waals surface area (Å²) in [6.07, 6.45) is 7.94. The Morgan fingerprint density at radius 1 is 1.20 bits per heavy atom. The highest BCUT2D eigenvalue weighted by Gasteiger charge is 2.41. The van der Waals surface area contributed by atoms with Crippen molar-refractivity contribution in [2.45, 2.75) is 70.8 Å². The first-order valence-electron chi connectivity index (χ1n) is 10.2. The molecule has 0 bridgehead atoms. The lowest BCUT2D eigenvalue weighted by atomic mass is 9.78. The van der Waals surface area contributed by atoms with Crippen molar-refractivity contribution in [3.05, 3.63) is 0 Å². The molecule has 3 fully saturated rings. The molecule has 3 aliphatic rings. The molecule has 1 N–H and O–H groups in total. The van der Waals surface area contributed by atoms with E-state index in [0.717, 1.165) is 71.2 Å². The summed E-state index contributed by atoms with van der Waals surface area (Å²) in [6.45, 7) is 7.48. The van der Waals surface area contributed by atoms with Gasteiger partial charge < -0.3 is 15.0 Å². The SMILES string of the molecule is CC(C)CC(=O)N1CCC2(CC1)CC(CCNC(=O)C1CC1)CCO2. The van der Waals surface area contributed by atoms with Crippen LogP contribution in [0, 0.1) is 17.8 Å². The minimum absolute atomic E-state index is 0.0297. The molecule has 3 rings (SSSR count). The van der Waals surface area contributed by atoms with Gasteiger partial charge in [0.2, 0.25) is 11.8 Å². The van der Waals surface area contributed by atoms with Gasteiger partial charge in [0.1, 0.15) is 0 Å². The molecule has 142 valence electrons. The van der Waals surface area contributed by atoms with Crippen molar-refractivity contribution >= 4 is 11.8 Å². The number of carbonyl (C=O) groups is 2. The lowest BCUT2D eigenvalue weighted by Gasteiger charge is -2.46. The smallest absolute Gasteiger partial charge is 0.223 e. The molecular formula is C20H34N2O3. The van der Waals surface area contributed by atoms with Crippen LogP contribution in [0.25, 0.3) is 0 Å². The molecule has 0 aromatic rings. The number of ether oxygens (including phenoxy) is 1. The molecule has 1 saturated carbocycles. The van der Waals surface area contributed by atoms with Gasteiger partial charge in [-0.1, -0.05) is 13.8 Å². The van der Waals surface area contributed by atoms with Crippen LogP contribution >= 0.6 is 0 Å². The lowest BCUT2D eigenvalue weighted by molar-refractivity contribution is -0.147. The van der Waals surface area contributed by atoms with Crippen molar-refractivity contribution in [3.8, 4) is 0 Å². The number of nitrogens with zero attached hydrogens (tertiary/aromatic N) is 1. The van der Waals surface area contributed by atoms with Gasteiger partial charge in [-0.2, -0.15) is 0 Å². The molecular weight excluding hydrogens is 316 g/mol. The van der Waals surface area contributed by atoms with Crippen molar-refractivity contribution in [1.29, 1.82) is 0 Å². The van der Waals surface area contributed by atoms with Crippen LogP contribution in [0.15, 0.2) is 0 Å². The minimum atomic E-state index is -0.0297. The summed E-state index contributed by atoms with van der Waals surface area (Å²) in [6, 6.07) is 0. The predicted octanol–water partition coefficient (Wildman–Crippen LogP) is 2.74. The zero-order valence-electron chi connectivity index (χ0n) is 15.9. The Hall–Kier alpha value is -1.10. The molecule has 0 radical (unpaired) electrons. The fourth-order valence-electron chi connectivity index (χ4n) is 4.26. The first-order valence-corrected chi connectivity index (χ1v) is 10.2. The Labute approximate surface area is 151 Å². The number of hydrogen-bond donors (Lipinski definition) is 1. The number of carbonyl (C=O) groups excluding carboxylic acids is 2. The maximum atomic E-state index is 12.3. The average molecular weight is 351 g/mol. The maximum absolute atomic E-state index is 12.3. The van der Waals surface area contributed by atoms with E-state index < -0.39 is 0 Å². The van der Waals surface area contributed by atoms with E-state index in [0.29, 0.717) is 30.1 Å². The molecule has 2 aliphatic heterocycles. The van der Waals surface area contributed by atoms with E-state index in [1.54, 1.807) is 0 Å².